The minimum absolute atomic E-state index is 0.117. The van der Waals surface area contributed by atoms with Gasteiger partial charge in [0.2, 0.25) is 0 Å². The highest BCUT2D eigenvalue weighted by Crippen LogP contribution is 2.21. The molecule has 96 valence electrons. The van der Waals surface area contributed by atoms with Crippen molar-refractivity contribution >= 4 is 0 Å². The van der Waals surface area contributed by atoms with Crippen LogP contribution in [0, 0.1) is 18.6 Å². The monoisotopic (exact) mass is 252 g/mol. The van der Waals surface area contributed by atoms with E-state index in [0.29, 0.717) is 5.69 Å². The number of aliphatic hydroxyl groups is 1. The highest BCUT2D eigenvalue weighted by Gasteiger charge is 2.17. The van der Waals surface area contributed by atoms with E-state index in [-0.39, 0.29) is 12.0 Å². The largest absolute Gasteiger partial charge is 0.386 e. The number of aromatic nitrogens is 2. The maximum atomic E-state index is 13.4. The molecular formula is C13H14F2N2O. The first-order valence-corrected chi connectivity index (χ1v) is 5.60. The van der Waals surface area contributed by atoms with Gasteiger partial charge in [-0.1, -0.05) is 6.07 Å². The Bertz CT molecular complexity index is 526. The molecule has 1 heterocycles. The van der Waals surface area contributed by atoms with Crippen LogP contribution in [0.4, 0.5) is 8.78 Å². The van der Waals surface area contributed by atoms with Crippen LogP contribution in [0.1, 0.15) is 23.1 Å². The number of nitrogens with zero attached hydrogens (tertiary/aromatic N) is 2. The average molecular weight is 252 g/mol. The van der Waals surface area contributed by atoms with Crippen molar-refractivity contribution in [1.29, 1.82) is 0 Å². The number of aliphatic hydroxyl groups excluding tert-OH is 1. The van der Waals surface area contributed by atoms with Crippen LogP contribution in [0.2, 0.25) is 0 Å². The van der Waals surface area contributed by atoms with Crippen LogP contribution in [0.25, 0.3) is 0 Å². The summed E-state index contributed by atoms with van der Waals surface area (Å²) in [5.74, 6) is -1.30. The highest BCUT2D eigenvalue weighted by molar-refractivity contribution is 5.22. The van der Waals surface area contributed by atoms with Crippen molar-refractivity contribution < 1.29 is 13.9 Å². The first-order chi connectivity index (χ1) is 8.49. The second-order valence-corrected chi connectivity index (χ2v) is 4.25. The summed E-state index contributed by atoms with van der Waals surface area (Å²) in [4.78, 5) is 0. The molecular weight excluding hydrogens is 238 g/mol. The van der Waals surface area contributed by atoms with Gasteiger partial charge in [0.15, 0.2) is 0 Å². The lowest BCUT2D eigenvalue weighted by atomic mass is 10.0. The number of benzene rings is 1. The van der Waals surface area contributed by atoms with E-state index < -0.39 is 17.7 Å². The van der Waals surface area contributed by atoms with Crippen molar-refractivity contribution in [2.75, 3.05) is 0 Å². The number of aryl methyl sites for hydroxylation is 2. The fourth-order valence-electron chi connectivity index (χ4n) is 1.78. The third-order valence-electron chi connectivity index (χ3n) is 2.93. The summed E-state index contributed by atoms with van der Waals surface area (Å²) < 4.78 is 28.5. The number of hydrogen-bond acceptors (Lipinski definition) is 2. The van der Waals surface area contributed by atoms with Crippen LogP contribution in [-0.4, -0.2) is 14.9 Å². The third kappa shape index (κ3) is 2.41. The van der Waals surface area contributed by atoms with E-state index >= 15 is 0 Å². The Kier molecular flexibility index (Phi) is 3.43. The lowest BCUT2D eigenvalue weighted by molar-refractivity contribution is 0.170. The topological polar surface area (TPSA) is 38.1 Å². The molecule has 18 heavy (non-hydrogen) atoms. The van der Waals surface area contributed by atoms with Crippen molar-refractivity contribution in [3.05, 3.63) is 52.9 Å². The molecule has 1 N–H and O–H groups in total. The molecule has 5 heteroatoms. The normalized spacial score (nSPS) is 12.7. The Morgan fingerprint density at radius 1 is 1.33 bits per heavy atom. The van der Waals surface area contributed by atoms with Crippen molar-refractivity contribution in [3.63, 3.8) is 0 Å². The number of hydrogen-bond donors (Lipinski definition) is 1. The number of halogens is 2. The second kappa shape index (κ2) is 4.86. The van der Waals surface area contributed by atoms with E-state index in [9.17, 15) is 13.9 Å². The minimum atomic E-state index is -1.02. The Morgan fingerprint density at radius 2 is 1.94 bits per heavy atom. The minimum Gasteiger partial charge on any atom is -0.386 e. The van der Waals surface area contributed by atoms with Crippen molar-refractivity contribution in [2.24, 2.45) is 7.05 Å². The van der Waals surface area contributed by atoms with Crippen LogP contribution in [0.5, 0.6) is 0 Å². The van der Waals surface area contributed by atoms with E-state index in [1.807, 2.05) is 6.92 Å². The Morgan fingerprint density at radius 3 is 2.44 bits per heavy atom. The quantitative estimate of drug-likeness (QED) is 0.910. The number of rotatable bonds is 3. The molecule has 1 unspecified atom stereocenters. The van der Waals surface area contributed by atoms with Gasteiger partial charge in [0, 0.05) is 24.7 Å². The standard InChI is InChI=1S/C13H14F2N2O/c1-8-6-12(16-17(8)2)13(18)7-9-10(14)4-3-5-11(9)15/h3-6,13,18H,7H2,1-2H3. The van der Waals surface area contributed by atoms with Crippen molar-refractivity contribution in [3.8, 4) is 0 Å². The molecule has 2 rings (SSSR count). The first-order valence-electron chi connectivity index (χ1n) is 5.60. The van der Waals surface area contributed by atoms with Gasteiger partial charge in [-0.2, -0.15) is 5.10 Å². The molecule has 0 fully saturated rings. The van der Waals surface area contributed by atoms with E-state index in [2.05, 4.69) is 5.10 Å². The third-order valence-corrected chi connectivity index (χ3v) is 2.93. The maximum Gasteiger partial charge on any atom is 0.129 e. The van der Waals surface area contributed by atoms with E-state index in [4.69, 9.17) is 0 Å². The van der Waals surface area contributed by atoms with Crippen LogP contribution in [0.3, 0.4) is 0 Å². The van der Waals surface area contributed by atoms with Crippen molar-refractivity contribution in [2.45, 2.75) is 19.4 Å². The molecule has 0 saturated carbocycles. The summed E-state index contributed by atoms with van der Waals surface area (Å²) >= 11 is 0. The SMILES string of the molecule is Cc1cc(C(O)Cc2c(F)cccc2F)nn1C. The molecule has 0 aliphatic heterocycles. The summed E-state index contributed by atoms with van der Waals surface area (Å²) in [5, 5.41) is 14.0. The van der Waals surface area contributed by atoms with Crippen molar-refractivity contribution in [1.82, 2.24) is 9.78 Å². The van der Waals surface area contributed by atoms with Gasteiger partial charge >= 0.3 is 0 Å². The molecule has 1 aromatic carbocycles. The molecule has 2 aromatic rings. The predicted molar refractivity (Wildman–Crippen MR) is 63.0 cm³/mol. The van der Waals surface area contributed by atoms with Crippen LogP contribution in [0.15, 0.2) is 24.3 Å². The second-order valence-electron chi connectivity index (χ2n) is 4.25. The average Bonchev–Trinajstić information content (AvgIpc) is 2.64. The molecule has 0 saturated heterocycles. The van der Waals surface area contributed by atoms with E-state index in [1.165, 1.54) is 18.2 Å². The molecule has 1 aromatic heterocycles. The molecule has 0 aliphatic rings. The van der Waals surface area contributed by atoms with Gasteiger partial charge < -0.3 is 5.11 Å². The molecule has 0 amide bonds. The highest BCUT2D eigenvalue weighted by atomic mass is 19.1. The lowest BCUT2D eigenvalue weighted by Crippen LogP contribution is -2.07. The van der Waals surface area contributed by atoms with E-state index in [1.54, 1.807) is 17.8 Å². The van der Waals surface area contributed by atoms with Gasteiger partial charge in [-0.15, -0.1) is 0 Å². The maximum absolute atomic E-state index is 13.4. The lowest BCUT2D eigenvalue weighted by Gasteiger charge is -2.09. The smallest absolute Gasteiger partial charge is 0.129 e. The summed E-state index contributed by atoms with van der Waals surface area (Å²) in [6, 6.07) is 5.35. The summed E-state index contributed by atoms with van der Waals surface area (Å²) in [6.45, 7) is 1.84. The summed E-state index contributed by atoms with van der Waals surface area (Å²) in [5.41, 5.74) is 1.17. The molecule has 1 atom stereocenters. The van der Waals surface area contributed by atoms with Crippen LogP contribution >= 0.6 is 0 Å². The van der Waals surface area contributed by atoms with Gasteiger partial charge in [-0.3, -0.25) is 4.68 Å². The van der Waals surface area contributed by atoms with E-state index in [0.717, 1.165) is 5.69 Å². The molecule has 3 nitrogen and oxygen atoms in total. The zero-order valence-corrected chi connectivity index (χ0v) is 10.2. The predicted octanol–water partition coefficient (Wildman–Crippen LogP) is 2.28. The molecule has 0 aliphatic carbocycles. The Balaban J connectivity index is 2.23. The van der Waals surface area contributed by atoms with Gasteiger partial charge in [0.25, 0.3) is 0 Å². The van der Waals surface area contributed by atoms with Gasteiger partial charge in [0.05, 0.1) is 5.69 Å². The zero-order valence-electron chi connectivity index (χ0n) is 10.2. The molecule has 0 bridgehead atoms. The van der Waals surface area contributed by atoms with Gasteiger partial charge in [-0.05, 0) is 25.1 Å². The van der Waals surface area contributed by atoms with Gasteiger partial charge in [0.1, 0.15) is 17.7 Å². The summed E-state index contributed by atoms with van der Waals surface area (Å²) in [7, 11) is 1.75. The zero-order chi connectivity index (χ0) is 13.3. The summed E-state index contributed by atoms with van der Waals surface area (Å²) in [6.07, 6.45) is -1.15. The molecule has 0 spiro atoms. The fraction of sp³-hybridized carbons (Fsp3) is 0.308. The molecule has 0 radical (unpaired) electrons. The first kappa shape index (κ1) is 12.7. The van der Waals surface area contributed by atoms with Crippen LogP contribution in [-0.2, 0) is 13.5 Å². The Labute approximate surface area is 104 Å². The van der Waals surface area contributed by atoms with Crippen LogP contribution < -0.4 is 0 Å². The Hall–Kier alpha value is -1.75. The fourth-order valence-corrected chi connectivity index (χ4v) is 1.78. The van der Waals surface area contributed by atoms with Gasteiger partial charge in [-0.25, -0.2) is 8.78 Å².